The van der Waals surface area contributed by atoms with Crippen LogP contribution in [-0.4, -0.2) is 29.4 Å². The van der Waals surface area contributed by atoms with Crippen molar-refractivity contribution in [3.63, 3.8) is 0 Å². The van der Waals surface area contributed by atoms with E-state index in [4.69, 9.17) is 16.4 Å². The number of carbonyl (C=O) groups excluding carboxylic acids is 2. The Labute approximate surface area is 201 Å². The van der Waals surface area contributed by atoms with Crippen LogP contribution in [-0.2, 0) is 14.4 Å². The largest absolute Gasteiger partial charge is 0.324 e. The first-order valence-electron chi connectivity index (χ1n) is 10.8. The molecule has 4 unspecified atom stereocenters. The number of thiophene rings is 1. The normalized spacial score (nSPS) is 24.8. The predicted molar refractivity (Wildman–Crippen MR) is 129 cm³/mol. The molecule has 6 nitrogen and oxygen atoms in total. The first-order valence-corrected chi connectivity index (χ1v) is 12.1. The molecule has 2 aliphatic heterocycles. The number of hydroxylamine groups is 1. The molecule has 1 saturated heterocycles. The number of benzene rings is 2. The number of aryl methyl sites for hydroxylation is 1. The molecule has 5 rings (SSSR count). The molecule has 2 amide bonds. The first kappa shape index (κ1) is 22.1. The van der Waals surface area contributed by atoms with E-state index in [9.17, 15) is 9.59 Å². The van der Waals surface area contributed by atoms with Crippen molar-refractivity contribution >= 4 is 40.4 Å². The highest BCUT2D eigenvalue weighted by molar-refractivity contribution is 7.10. The Morgan fingerprint density at radius 2 is 1.97 bits per heavy atom. The molecule has 2 N–H and O–H groups in total. The van der Waals surface area contributed by atoms with Gasteiger partial charge in [-0.2, -0.15) is 5.48 Å². The Hall–Kier alpha value is -2.71. The lowest BCUT2D eigenvalue weighted by Gasteiger charge is -2.33. The number of hydrogen-bond acceptors (Lipinski definition) is 5. The molecule has 170 valence electrons. The zero-order chi connectivity index (χ0) is 23.1. The number of halogens is 1. The number of fused-ring (bicyclic) bond motifs is 1. The van der Waals surface area contributed by atoms with E-state index >= 15 is 0 Å². The highest BCUT2D eigenvalue weighted by Gasteiger charge is 2.46. The average molecular weight is 482 g/mol. The van der Waals surface area contributed by atoms with Crippen LogP contribution in [0.1, 0.15) is 40.6 Å². The summed E-state index contributed by atoms with van der Waals surface area (Å²) in [5.41, 5.74) is 6.51. The number of nitrogens with zero attached hydrogens (tertiary/aromatic N) is 1. The fourth-order valence-corrected chi connectivity index (χ4v) is 5.81. The second kappa shape index (κ2) is 8.91. The van der Waals surface area contributed by atoms with Crippen molar-refractivity contribution in [3.8, 4) is 0 Å². The number of nitrogens with one attached hydrogen (secondary N) is 2. The molecule has 4 atom stereocenters. The molecule has 1 fully saturated rings. The topological polar surface area (TPSA) is 70.7 Å². The standard InChI is InChI=1S/C25H24ClN3O3S/c1-14-9-10-19-17(12-14)24(20-8-5-11-33-20)29(13-21(30)27-19)25(31)22-15(2)32-28-23(22)16-6-3-4-7-18(16)26/h3-12,15,22-24,28H,13H2,1-2H3,(H,27,30). The van der Waals surface area contributed by atoms with Crippen molar-refractivity contribution in [2.45, 2.75) is 32.0 Å². The van der Waals surface area contributed by atoms with E-state index in [1.807, 2.05) is 67.8 Å². The van der Waals surface area contributed by atoms with Gasteiger partial charge in [-0.25, -0.2) is 0 Å². The van der Waals surface area contributed by atoms with Crippen LogP contribution in [0.3, 0.4) is 0 Å². The van der Waals surface area contributed by atoms with Crippen molar-refractivity contribution in [1.29, 1.82) is 0 Å². The summed E-state index contributed by atoms with van der Waals surface area (Å²) < 4.78 is 0. The van der Waals surface area contributed by atoms with Crippen LogP contribution >= 0.6 is 22.9 Å². The molecular weight excluding hydrogens is 458 g/mol. The number of anilines is 1. The van der Waals surface area contributed by atoms with Crippen LogP contribution < -0.4 is 10.8 Å². The van der Waals surface area contributed by atoms with Crippen LogP contribution in [0.5, 0.6) is 0 Å². The molecule has 3 aromatic rings. The molecule has 0 spiro atoms. The van der Waals surface area contributed by atoms with E-state index in [0.717, 1.165) is 27.3 Å². The lowest BCUT2D eigenvalue weighted by Crippen LogP contribution is -2.45. The molecule has 3 heterocycles. The summed E-state index contributed by atoms with van der Waals surface area (Å²) >= 11 is 8.04. The van der Waals surface area contributed by atoms with E-state index in [2.05, 4.69) is 10.8 Å². The average Bonchev–Trinajstić information content (AvgIpc) is 3.42. The van der Waals surface area contributed by atoms with Crippen LogP contribution in [0.25, 0.3) is 0 Å². The summed E-state index contributed by atoms with van der Waals surface area (Å²) in [7, 11) is 0. The minimum Gasteiger partial charge on any atom is -0.324 e. The van der Waals surface area contributed by atoms with Gasteiger partial charge in [-0.1, -0.05) is 53.6 Å². The van der Waals surface area contributed by atoms with Gasteiger partial charge in [0.25, 0.3) is 0 Å². The zero-order valence-electron chi connectivity index (χ0n) is 18.2. The van der Waals surface area contributed by atoms with E-state index in [1.165, 1.54) is 0 Å². The molecule has 2 aliphatic rings. The zero-order valence-corrected chi connectivity index (χ0v) is 19.8. The summed E-state index contributed by atoms with van der Waals surface area (Å²) in [6.45, 7) is 3.82. The minimum absolute atomic E-state index is 0.0480. The number of hydrogen-bond donors (Lipinski definition) is 2. The van der Waals surface area contributed by atoms with Gasteiger partial charge in [0.1, 0.15) is 6.54 Å². The Bertz CT molecular complexity index is 1200. The van der Waals surface area contributed by atoms with Crippen molar-refractivity contribution in [2.24, 2.45) is 5.92 Å². The maximum absolute atomic E-state index is 14.2. The quantitative estimate of drug-likeness (QED) is 0.560. The van der Waals surface area contributed by atoms with Gasteiger partial charge in [-0.05, 0) is 43.0 Å². The van der Waals surface area contributed by atoms with Gasteiger partial charge in [0.2, 0.25) is 11.8 Å². The molecule has 0 aliphatic carbocycles. The maximum Gasteiger partial charge on any atom is 0.244 e. The SMILES string of the molecule is Cc1ccc2c(c1)C(c1cccs1)N(C(=O)C1C(C)ONC1c1ccccc1Cl)CC(=O)N2. The first-order chi connectivity index (χ1) is 15.9. The lowest BCUT2D eigenvalue weighted by atomic mass is 9.88. The van der Waals surface area contributed by atoms with Crippen molar-refractivity contribution in [3.05, 3.63) is 86.6 Å². The monoisotopic (exact) mass is 481 g/mol. The molecule has 0 radical (unpaired) electrons. The molecule has 0 bridgehead atoms. The molecule has 2 aromatic carbocycles. The van der Waals surface area contributed by atoms with E-state index in [-0.39, 0.29) is 24.4 Å². The third-order valence-corrected chi connectivity index (χ3v) is 7.54. The van der Waals surface area contributed by atoms with Gasteiger partial charge in [0, 0.05) is 21.2 Å². The summed E-state index contributed by atoms with van der Waals surface area (Å²) in [6, 6.07) is 16.5. The van der Waals surface area contributed by atoms with Crippen molar-refractivity contribution < 1.29 is 14.4 Å². The highest BCUT2D eigenvalue weighted by atomic mass is 35.5. The van der Waals surface area contributed by atoms with Crippen LogP contribution in [0.15, 0.2) is 60.0 Å². The number of rotatable bonds is 3. The lowest BCUT2D eigenvalue weighted by molar-refractivity contribution is -0.141. The Morgan fingerprint density at radius 1 is 1.15 bits per heavy atom. The van der Waals surface area contributed by atoms with Gasteiger partial charge in [0.15, 0.2) is 0 Å². The van der Waals surface area contributed by atoms with E-state index in [0.29, 0.717) is 5.02 Å². The molecule has 0 saturated carbocycles. The van der Waals surface area contributed by atoms with Gasteiger partial charge >= 0.3 is 0 Å². The fraction of sp³-hybridized carbons (Fsp3) is 0.280. The number of amides is 2. The Kier molecular flexibility index (Phi) is 5.97. The van der Waals surface area contributed by atoms with Crippen LogP contribution in [0.4, 0.5) is 5.69 Å². The molecule has 1 aromatic heterocycles. The van der Waals surface area contributed by atoms with E-state index < -0.39 is 18.1 Å². The number of carbonyl (C=O) groups is 2. The Balaban J connectivity index is 1.60. The molecular formula is C25H24ClN3O3S. The third kappa shape index (κ3) is 4.06. The summed E-state index contributed by atoms with van der Waals surface area (Å²) in [6.07, 6.45) is -0.397. The second-order valence-corrected chi connectivity index (χ2v) is 9.88. The van der Waals surface area contributed by atoms with Crippen molar-refractivity contribution in [1.82, 2.24) is 10.4 Å². The van der Waals surface area contributed by atoms with Crippen LogP contribution in [0.2, 0.25) is 5.02 Å². The minimum atomic E-state index is -0.550. The van der Waals surface area contributed by atoms with Gasteiger partial charge < -0.3 is 10.2 Å². The Morgan fingerprint density at radius 3 is 2.73 bits per heavy atom. The smallest absolute Gasteiger partial charge is 0.244 e. The highest BCUT2D eigenvalue weighted by Crippen LogP contribution is 2.42. The fourth-order valence-electron chi connectivity index (χ4n) is 4.70. The van der Waals surface area contributed by atoms with Gasteiger partial charge in [-0.3, -0.25) is 14.4 Å². The van der Waals surface area contributed by atoms with E-state index in [1.54, 1.807) is 22.3 Å². The summed E-state index contributed by atoms with van der Waals surface area (Å²) in [5, 5.41) is 5.54. The molecule has 33 heavy (non-hydrogen) atoms. The predicted octanol–water partition coefficient (Wildman–Crippen LogP) is 4.86. The third-order valence-electron chi connectivity index (χ3n) is 6.27. The van der Waals surface area contributed by atoms with Gasteiger partial charge in [0.05, 0.1) is 24.1 Å². The van der Waals surface area contributed by atoms with Crippen LogP contribution in [0, 0.1) is 12.8 Å². The maximum atomic E-state index is 14.2. The van der Waals surface area contributed by atoms with Gasteiger partial charge in [-0.15, -0.1) is 11.3 Å². The second-order valence-electron chi connectivity index (χ2n) is 8.49. The summed E-state index contributed by atoms with van der Waals surface area (Å²) in [4.78, 5) is 35.5. The molecule has 8 heteroatoms. The summed E-state index contributed by atoms with van der Waals surface area (Å²) in [5.74, 6) is -0.923. The van der Waals surface area contributed by atoms with Crippen molar-refractivity contribution in [2.75, 3.05) is 11.9 Å².